The molecule has 98 valence electrons. The van der Waals surface area contributed by atoms with Gasteiger partial charge in [-0.05, 0) is 31.6 Å². The van der Waals surface area contributed by atoms with Crippen molar-refractivity contribution >= 4 is 5.91 Å². The second-order valence-electron chi connectivity index (χ2n) is 5.37. The Labute approximate surface area is 103 Å². The van der Waals surface area contributed by atoms with Gasteiger partial charge in [-0.1, -0.05) is 6.42 Å². The summed E-state index contributed by atoms with van der Waals surface area (Å²) in [6.45, 7) is 1.69. The van der Waals surface area contributed by atoms with Crippen LogP contribution in [0.1, 0.15) is 38.5 Å². The number of piperidine rings is 1. The Balaban J connectivity index is 1.77. The number of likely N-dealkylation sites (tertiary alicyclic amines) is 1. The third-order valence-electron chi connectivity index (χ3n) is 4.28. The Kier molecular flexibility index (Phi) is 4.40. The van der Waals surface area contributed by atoms with E-state index in [1.165, 1.54) is 6.42 Å². The van der Waals surface area contributed by atoms with Crippen LogP contribution in [0, 0.1) is 5.92 Å². The molecule has 0 aromatic carbocycles. The van der Waals surface area contributed by atoms with Crippen LogP contribution in [0.5, 0.6) is 0 Å². The third kappa shape index (κ3) is 3.19. The van der Waals surface area contributed by atoms with Crippen LogP contribution in [-0.4, -0.2) is 43.2 Å². The molecule has 1 saturated heterocycles. The Morgan fingerprint density at radius 2 is 2.00 bits per heavy atom. The highest BCUT2D eigenvalue weighted by atomic mass is 16.5. The van der Waals surface area contributed by atoms with Gasteiger partial charge < -0.3 is 15.4 Å². The van der Waals surface area contributed by atoms with Gasteiger partial charge in [-0.3, -0.25) is 4.79 Å². The molecule has 1 heterocycles. The van der Waals surface area contributed by atoms with Gasteiger partial charge in [0, 0.05) is 32.7 Å². The van der Waals surface area contributed by atoms with Crippen molar-refractivity contribution in [3.8, 4) is 0 Å². The van der Waals surface area contributed by atoms with E-state index >= 15 is 0 Å². The molecular weight excluding hydrogens is 216 g/mol. The minimum absolute atomic E-state index is 0.246. The fourth-order valence-corrected chi connectivity index (χ4v) is 3.01. The minimum Gasteiger partial charge on any atom is -0.381 e. The number of hydrogen-bond acceptors (Lipinski definition) is 3. The number of amides is 1. The van der Waals surface area contributed by atoms with Crippen LogP contribution >= 0.6 is 0 Å². The largest absolute Gasteiger partial charge is 0.381 e. The molecule has 0 aromatic heterocycles. The van der Waals surface area contributed by atoms with Gasteiger partial charge in [0.2, 0.25) is 5.91 Å². The maximum Gasteiger partial charge on any atom is 0.222 e. The number of hydrogen-bond donors (Lipinski definition) is 1. The summed E-state index contributed by atoms with van der Waals surface area (Å²) in [6, 6.07) is 0.246. The first-order valence-electron chi connectivity index (χ1n) is 6.77. The number of rotatable bonds is 3. The average Bonchev–Trinajstić information content (AvgIpc) is 2.75. The maximum atomic E-state index is 12.1. The predicted octanol–water partition coefficient (Wildman–Crippen LogP) is 1.14. The first-order valence-corrected chi connectivity index (χ1v) is 6.77. The van der Waals surface area contributed by atoms with E-state index in [1.807, 2.05) is 4.90 Å². The fourth-order valence-electron chi connectivity index (χ4n) is 3.01. The molecule has 1 amide bonds. The van der Waals surface area contributed by atoms with Gasteiger partial charge in [0.25, 0.3) is 0 Å². The molecule has 17 heavy (non-hydrogen) atoms. The molecular formula is C13H24N2O2. The SMILES string of the molecule is COC1CCN(C(=O)C[C@@H]2CCC[C@H]2N)CC1. The first kappa shape index (κ1) is 12.8. The minimum atomic E-state index is 0.246. The number of nitrogens with zero attached hydrogens (tertiary/aromatic N) is 1. The number of methoxy groups -OCH3 is 1. The number of nitrogens with two attached hydrogens (primary N) is 1. The molecule has 1 saturated carbocycles. The summed E-state index contributed by atoms with van der Waals surface area (Å²) in [6.07, 6.45) is 6.33. The van der Waals surface area contributed by atoms with Crippen molar-refractivity contribution in [2.75, 3.05) is 20.2 Å². The Hall–Kier alpha value is -0.610. The summed E-state index contributed by atoms with van der Waals surface area (Å²) < 4.78 is 5.31. The summed E-state index contributed by atoms with van der Waals surface area (Å²) in [5.41, 5.74) is 6.01. The van der Waals surface area contributed by atoms with Gasteiger partial charge in [-0.15, -0.1) is 0 Å². The van der Waals surface area contributed by atoms with E-state index in [2.05, 4.69) is 0 Å². The van der Waals surface area contributed by atoms with Crippen LogP contribution in [0.2, 0.25) is 0 Å². The molecule has 0 bridgehead atoms. The zero-order valence-corrected chi connectivity index (χ0v) is 10.7. The van der Waals surface area contributed by atoms with Gasteiger partial charge in [0.05, 0.1) is 6.10 Å². The Bertz CT molecular complexity index is 262. The summed E-state index contributed by atoms with van der Waals surface area (Å²) >= 11 is 0. The van der Waals surface area contributed by atoms with Crippen LogP contribution < -0.4 is 5.73 Å². The molecule has 0 spiro atoms. The van der Waals surface area contributed by atoms with Crippen molar-refractivity contribution in [2.45, 2.75) is 50.7 Å². The highest BCUT2D eigenvalue weighted by Gasteiger charge is 2.29. The Morgan fingerprint density at radius 1 is 1.29 bits per heavy atom. The van der Waals surface area contributed by atoms with E-state index in [0.29, 0.717) is 24.3 Å². The van der Waals surface area contributed by atoms with E-state index in [9.17, 15) is 4.79 Å². The average molecular weight is 240 g/mol. The summed E-state index contributed by atoms with van der Waals surface area (Å²) in [7, 11) is 1.75. The van der Waals surface area contributed by atoms with E-state index in [4.69, 9.17) is 10.5 Å². The van der Waals surface area contributed by atoms with Crippen LogP contribution in [-0.2, 0) is 9.53 Å². The smallest absolute Gasteiger partial charge is 0.222 e. The molecule has 2 rings (SSSR count). The first-order chi connectivity index (χ1) is 8.20. The lowest BCUT2D eigenvalue weighted by molar-refractivity contribution is -0.134. The molecule has 1 aliphatic carbocycles. The quantitative estimate of drug-likeness (QED) is 0.805. The molecule has 0 aromatic rings. The molecule has 2 fully saturated rings. The molecule has 2 aliphatic rings. The van der Waals surface area contributed by atoms with Crippen LogP contribution in [0.3, 0.4) is 0 Å². The van der Waals surface area contributed by atoms with Crippen LogP contribution in [0.15, 0.2) is 0 Å². The van der Waals surface area contributed by atoms with Crippen molar-refractivity contribution < 1.29 is 9.53 Å². The monoisotopic (exact) mass is 240 g/mol. The van der Waals surface area contributed by atoms with Crippen molar-refractivity contribution in [1.29, 1.82) is 0 Å². The topological polar surface area (TPSA) is 55.6 Å². The molecule has 1 aliphatic heterocycles. The predicted molar refractivity (Wildman–Crippen MR) is 66.5 cm³/mol. The van der Waals surface area contributed by atoms with Crippen molar-refractivity contribution in [3.05, 3.63) is 0 Å². The number of carbonyl (C=O) groups is 1. The van der Waals surface area contributed by atoms with Gasteiger partial charge in [-0.25, -0.2) is 0 Å². The zero-order valence-electron chi connectivity index (χ0n) is 10.7. The van der Waals surface area contributed by atoms with Crippen LogP contribution in [0.25, 0.3) is 0 Å². The zero-order chi connectivity index (χ0) is 12.3. The van der Waals surface area contributed by atoms with E-state index < -0.39 is 0 Å². The van der Waals surface area contributed by atoms with Crippen molar-refractivity contribution in [2.24, 2.45) is 11.7 Å². The second kappa shape index (κ2) is 5.83. The molecule has 2 atom stereocenters. The molecule has 0 radical (unpaired) electrons. The van der Waals surface area contributed by atoms with Gasteiger partial charge in [0.15, 0.2) is 0 Å². The number of ether oxygens (including phenoxy) is 1. The molecule has 2 N–H and O–H groups in total. The second-order valence-corrected chi connectivity index (χ2v) is 5.37. The van der Waals surface area contributed by atoms with E-state index in [1.54, 1.807) is 7.11 Å². The summed E-state index contributed by atoms with van der Waals surface area (Å²) in [5, 5.41) is 0. The van der Waals surface area contributed by atoms with Crippen molar-refractivity contribution in [1.82, 2.24) is 4.90 Å². The lowest BCUT2D eigenvalue weighted by Gasteiger charge is -2.32. The highest BCUT2D eigenvalue weighted by Crippen LogP contribution is 2.28. The normalized spacial score (nSPS) is 30.8. The number of carbonyl (C=O) groups excluding carboxylic acids is 1. The Morgan fingerprint density at radius 3 is 2.53 bits per heavy atom. The third-order valence-corrected chi connectivity index (χ3v) is 4.28. The lowest BCUT2D eigenvalue weighted by atomic mass is 9.98. The van der Waals surface area contributed by atoms with Crippen LogP contribution in [0.4, 0.5) is 0 Å². The molecule has 4 heteroatoms. The summed E-state index contributed by atoms with van der Waals surface area (Å²) in [4.78, 5) is 14.1. The highest BCUT2D eigenvalue weighted by molar-refractivity contribution is 5.76. The van der Waals surface area contributed by atoms with E-state index in [-0.39, 0.29) is 6.04 Å². The lowest BCUT2D eigenvalue weighted by Crippen LogP contribution is -2.42. The van der Waals surface area contributed by atoms with E-state index in [0.717, 1.165) is 38.8 Å². The maximum absolute atomic E-state index is 12.1. The molecule has 0 unspecified atom stereocenters. The summed E-state index contributed by atoms with van der Waals surface area (Å²) in [5.74, 6) is 0.713. The van der Waals surface area contributed by atoms with Crippen molar-refractivity contribution in [3.63, 3.8) is 0 Å². The van der Waals surface area contributed by atoms with Gasteiger partial charge in [-0.2, -0.15) is 0 Å². The standard InChI is InChI=1S/C13H24N2O2/c1-17-11-5-7-15(8-6-11)13(16)9-10-3-2-4-12(10)14/h10-12H,2-9,14H2,1H3/t10-,12+/m0/s1. The van der Waals surface area contributed by atoms with Gasteiger partial charge >= 0.3 is 0 Å². The van der Waals surface area contributed by atoms with Gasteiger partial charge in [0.1, 0.15) is 0 Å². The fraction of sp³-hybridized carbons (Fsp3) is 0.923. The molecule has 4 nitrogen and oxygen atoms in total.